The average Bonchev–Trinajstić information content (AvgIpc) is 3.15. The molecule has 0 fully saturated rings. The first-order chi connectivity index (χ1) is 26.8. The van der Waals surface area contributed by atoms with Crippen LogP contribution in [-0.4, -0.2) is 14.2 Å². The van der Waals surface area contributed by atoms with Crippen molar-refractivity contribution >= 4 is 0 Å². The zero-order valence-corrected chi connectivity index (χ0v) is 39.4. The summed E-state index contributed by atoms with van der Waals surface area (Å²) in [6, 6.07) is 41.6. The highest BCUT2D eigenvalue weighted by Gasteiger charge is 2.45. The summed E-state index contributed by atoms with van der Waals surface area (Å²) < 4.78 is 14.2. The zero-order valence-electron chi connectivity index (χ0n) is 39.4. The Bertz CT molecular complexity index is 1870. The second kappa shape index (κ2) is 16.2. The third-order valence-electron chi connectivity index (χ3n) is 12.5. The minimum absolute atomic E-state index is 0.0148. The Morgan fingerprint density at radius 1 is 0.310 bits per heavy atom. The number of rotatable bonds is 10. The van der Waals surface area contributed by atoms with Gasteiger partial charge in [0.2, 0.25) is 0 Å². The molecule has 0 saturated carbocycles. The van der Waals surface area contributed by atoms with Crippen LogP contribution in [0, 0.1) is 0 Å². The van der Waals surface area contributed by atoms with Gasteiger partial charge in [0, 0.05) is 14.2 Å². The second-order valence-electron chi connectivity index (χ2n) is 21.4. The third kappa shape index (κ3) is 8.53. The number of hydrogen-bond acceptors (Lipinski definition) is 2. The first-order valence-corrected chi connectivity index (χ1v) is 21.6. The van der Waals surface area contributed by atoms with E-state index < -0.39 is 11.2 Å². The van der Waals surface area contributed by atoms with E-state index in [1.165, 1.54) is 33.4 Å². The molecule has 0 amide bonds. The van der Waals surface area contributed by atoms with Crippen molar-refractivity contribution in [2.45, 2.75) is 155 Å². The van der Waals surface area contributed by atoms with Crippen LogP contribution in [-0.2, 0) is 42.3 Å². The number of ether oxygens (including phenoxy) is 2. The lowest BCUT2D eigenvalue weighted by Crippen LogP contribution is -2.37. The summed E-state index contributed by atoms with van der Waals surface area (Å²) >= 11 is 0. The van der Waals surface area contributed by atoms with Crippen molar-refractivity contribution < 1.29 is 9.47 Å². The van der Waals surface area contributed by atoms with Crippen LogP contribution in [0.4, 0.5) is 0 Å². The molecule has 0 aliphatic carbocycles. The third-order valence-corrected chi connectivity index (χ3v) is 12.5. The molecule has 58 heavy (non-hydrogen) atoms. The molecule has 0 aromatic heterocycles. The van der Waals surface area contributed by atoms with Crippen LogP contribution in [0.1, 0.15) is 189 Å². The molecular weight excluding hydrogens is 705 g/mol. The molecule has 2 heteroatoms. The summed E-state index contributed by atoms with van der Waals surface area (Å²) in [5.74, 6) is 0.431. The Kier molecular flexibility index (Phi) is 12.6. The van der Waals surface area contributed by atoms with Gasteiger partial charge in [-0.05, 0) is 106 Å². The van der Waals surface area contributed by atoms with Gasteiger partial charge in [-0.15, -0.1) is 0 Å². The van der Waals surface area contributed by atoms with E-state index in [4.69, 9.17) is 9.47 Å². The summed E-state index contributed by atoms with van der Waals surface area (Å²) in [7, 11) is 3.77. The molecular formula is C56H74O2. The topological polar surface area (TPSA) is 18.5 Å². The number of methoxy groups -OCH3 is 2. The first-order valence-electron chi connectivity index (χ1n) is 21.6. The largest absolute Gasteiger partial charge is 0.364 e. The van der Waals surface area contributed by atoms with Crippen LogP contribution in [0.2, 0.25) is 0 Å². The monoisotopic (exact) mass is 779 g/mol. The molecule has 5 rings (SSSR count). The molecule has 0 aliphatic rings. The van der Waals surface area contributed by atoms with Gasteiger partial charge in [0.05, 0.1) is 0 Å². The molecule has 0 saturated heterocycles. The van der Waals surface area contributed by atoms with Gasteiger partial charge in [0.15, 0.2) is 0 Å². The molecule has 0 spiro atoms. The fourth-order valence-electron chi connectivity index (χ4n) is 8.67. The lowest BCUT2D eigenvalue weighted by molar-refractivity contribution is 0.0514. The van der Waals surface area contributed by atoms with E-state index in [-0.39, 0.29) is 33.5 Å². The van der Waals surface area contributed by atoms with Crippen molar-refractivity contribution in [2.75, 3.05) is 14.2 Å². The van der Waals surface area contributed by atoms with Crippen LogP contribution in [0.5, 0.6) is 0 Å². The highest BCUT2D eigenvalue weighted by Crippen LogP contribution is 2.50. The molecule has 5 aromatic rings. The molecule has 0 bridgehead atoms. The molecule has 0 N–H and O–H groups in total. The Morgan fingerprint density at radius 3 is 0.655 bits per heavy atom. The van der Waals surface area contributed by atoms with Crippen LogP contribution < -0.4 is 0 Å². The normalized spacial score (nSPS) is 13.4. The summed E-state index contributed by atoms with van der Waals surface area (Å²) in [5.41, 5.74) is 12.6. The summed E-state index contributed by atoms with van der Waals surface area (Å²) in [5, 5.41) is 0. The fraction of sp³-hybridized carbons (Fsp3) is 0.464. The lowest BCUT2D eigenvalue weighted by Gasteiger charge is -2.41. The molecule has 0 aliphatic heterocycles. The Balaban J connectivity index is 1.99. The van der Waals surface area contributed by atoms with Crippen LogP contribution >= 0.6 is 0 Å². The van der Waals surface area contributed by atoms with Gasteiger partial charge < -0.3 is 9.47 Å². The quantitative estimate of drug-likeness (QED) is 0.131. The van der Waals surface area contributed by atoms with Gasteiger partial charge in [0.1, 0.15) is 11.2 Å². The van der Waals surface area contributed by atoms with Gasteiger partial charge in [-0.25, -0.2) is 0 Å². The van der Waals surface area contributed by atoms with E-state index in [0.717, 1.165) is 33.4 Å². The van der Waals surface area contributed by atoms with Crippen molar-refractivity contribution in [1.82, 2.24) is 0 Å². The zero-order chi connectivity index (χ0) is 43.2. The maximum absolute atomic E-state index is 7.12. The van der Waals surface area contributed by atoms with E-state index in [1.54, 1.807) is 0 Å². The smallest absolute Gasteiger partial charge is 0.143 e. The molecule has 310 valence electrons. The van der Waals surface area contributed by atoms with Crippen LogP contribution in [0.15, 0.2) is 109 Å². The van der Waals surface area contributed by atoms with E-state index in [2.05, 4.69) is 220 Å². The summed E-state index contributed by atoms with van der Waals surface area (Å²) in [4.78, 5) is 0. The van der Waals surface area contributed by atoms with Gasteiger partial charge in [0.25, 0.3) is 0 Å². The van der Waals surface area contributed by atoms with E-state index in [9.17, 15) is 0 Å². The Hall–Kier alpha value is -3.98. The second-order valence-corrected chi connectivity index (χ2v) is 21.4. The van der Waals surface area contributed by atoms with Crippen LogP contribution in [0.25, 0.3) is 0 Å². The lowest BCUT2D eigenvalue weighted by atomic mass is 9.69. The average molecular weight is 779 g/mol. The van der Waals surface area contributed by atoms with E-state index >= 15 is 0 Å². The number of hydrogen-bond donors (Lipinski definition) is 0. The van der Waals surface area contributed by atoms with Crippen molar-refractivity contribution in [3.05, 3.63) is 176 Å². The van der Waals surface area contributed by atoms with Gasteiger partial charge in [-0.3, -0.25) is 0 Å². The number of benzene rings is 5. The molecule has 0 radical (unpaired) electrons. The summed E-state index contributed by atoms with van der Waals surface area (Å²) in [6.45, 7) is 36.6. The van der Waals surface area contributed by atoms with Crippen molar-refractivity contribution in [3.63, 3.8) is 0 Å². The highest BCUT2D eigenvalue weighted by molar-refractivity contribution is 5.60. The molecule has 0 unspecified atom stereocenters. The predicted molar refractivity (Wildman–Crippen MR) is 249 cm³/mol. The Labute approximate surface area is 353 Å². The van der Waals surface area contributed by atoms with Gasteiger partial charge in [-0.2, -0.15) is 0 Å². The molecule has 2 nitrogen and oxygen atoms in total. The minimum Gasteiger partial charge on any atom is -0.364 e. The van der Waals surface area contributed by atoms with Crippen molar-refractivity contribution in [2.24, 2.45) is 0 Å². The molecule has 0 heterocycles. The molecule has 0 atom stereocenters. The SMILES string of the molecule is COC(c1ccc(C(C)(C)C)cc1)(c1ccc(C(C)(C)C)cc1)c1cc(C(OC)(c2ccc(C(C)(C)C)cc2)c2ccc(C(C)(C)C)cc2)c(C(C)C)cc1C(C)C. The predicted octanol–water partition coefficient (Wildman–Crippen LogP) is 15.0. The van der Waals surface area contributed by atoms with Crippen LogP contribution in [0.3, 0.4) is 0 Å². The standard InChI is InChI=1S/C56H74O2/c1-37(2)47-35-48(38(3)4)50(56(58-18,45-31-23-41(24-32-45)53(11,12)13)46-33-25-42(26-34-46)54(14,15)16)36-49(47)55(57-17,43-27-19-39(20-28-43)51(5,6)7)44-29-21-40(22-30-44)52(8,9)10/h19-38H,1-18H3. The van der Waals surface area contributed by atoms with Crippen molar-refractivity contribution in [1.29, 1.82) is 0 Å². The van der Waals surface area contributed by atoms with Gasteiger partial charge >= 0.3 is 0 Å². The Morgan fingerprint density at radius 2 is 0.500 bits per heavy atom. The van der Waals surface area contributed by atoms with Crippen molar-refractivity contribution in [3.8, 4) is 0 Å². The summed E-state index contributed by atoms with van der Waals surface area (Å²) in [6.07, 6.45) is 0. The maximum Gasteiger partial charge on any atom is 0.143 e. The first kappa shape index (κ1) is 45.1. The van der Waals surface area contributed by atoms with E-state index in [0.29, 0.717) is 0 Å². The van der Waals surface area contributed by atoms with Gasteiger partial charge in [-0.1, -0.05) is 214 Å². The highest BCUT2D eigenvalue weighted by atomic mass is 16.5. The maximum atomic E-state index is 7.12. The fourth-order valence-corrected chi connectivity index (χ4v) is 8.67. The molecule has 5 aromatic carbocycles. The minimum atomic E-state index is -0.928. The van der Waals surface area contributed by atoms with E-state index in [1.807, 2.05) is 14.2 Å².